The highest BCUT2D eigenvalue weighted by Gasteiger charge is 2.39. The van der Waals surface area contributed by atoms with Crippen molar-refractivity contribution in [3.05, 3.63) is 24.3 Å². The number of hydrogen-bond donors (Lipinski definition) is 0. The van der Waals surface area contributed by atoms with E-state index < -0.39 is 0 Å². The van der Waals surface area contributed by atoms with E-state index >= 15 is 0 Å². The summed E-state index contributed by atoms with van der Waals surface area (Å²) in [7, 11) is 1.71. The van der Waals surface area contributed by atoms with Gasteiger partial charge in [0.05, 0.1) is 13.2 Å². The molecule has 98 valence electrons. The van der Waals surface area contributed by atoms with Crippen LogP contribution in [0.4, 0.5) is 0 Å². The first-order valence-corrected chi connectivity index (χ1v) is 7.74. The topological polar surface area (TPSA) is 18.5 Å². The standard InChI is InChI=1S/C15H20O2S/c1-16-13-4-6-14(7-5-13)18-10-12-3-2-11-8-9-17-15(11)12/h4-7,11-12,15H,2-3,8-10H2,1H3. The lowest BCUT2D eigenvalue weighted by molar-refractivity contribution is 0.0735. The van der Waals surface area contributed by atoms with Crippen LogP contribution in [0, 0.1) is 11.8 Å². The molecule has 1 saturated heterocycles. The second-order valence-electron chi connectivity index (χ2n) is 5.21. The fourth-order valence-electron chi connectivity index (χ4n) is 3.13. The second-order valence-corrected chi connectivity index (χ2v) is 6.30. The largest absolute Gasteiger partial charge is 0.497 e. The Balaban J connectivity index is 1.54. The van der Waals surface area contributed by atoms with Crippen molar-refractivity contribution in [2.24, 2.45) is 11.8 Å². The molecule has 0 spiro atoms. The Labute approximate surface area is 113 Å². The van der Waals surface area contributed by atoms with Crippen LogP contribution in [0.5, 0.6) is 5.75 Å². The lowest BCUT2D eigenvalue weighted by Crippen LogP contribution is -2.20. The minimum atomic E-state index is 0.552. The Morgan fingerprint density at radius 3 is 2.83 bits per heavy atom. The fraction of sp³-hybridized carbons (Fsp3) is 0.600. The first kappa shape index (κ1) is 12.4. The van der Waals surface area contributed by atoms with Crippen LogP contribution >= 0.6 is 11.8 Å². The van der Waals surface area contributed by atoms with Crippen LogP contribution in [0.15, 0.2) is 29.2 Å². The fourth-order valence-corrected chi connectivity index (χ4v) is 4.22. The smallest absolute Gasteiger partial charge is 0.118 e. The van der Waals surface area contributed by atoms with Gasteiger partial charge in [0, 0.05) is 17.3 Å². The van der Waals surface area contributed by atoms with E-state index in [9.17, 15) is 0 Å². The van der Waals surface area contributed by atoms with Crippen molar-refractivity contribution in [2.45, 2.75) is 30.3 Å². The van der Waals surface area contributed by atoms with Gasteiger partial charge < -0.3 is 9.47 Å². The van der Waals surface area contributed by atoms with E-state index in [-0.39, 0.29) is 0 Å². The molecule has 0 N–H and O–H groups in total. The molecule has 3 rings (SSSR count). The maximum atomic E-state index is 5.88. The molecule has 2 aliphatic rings. The summed E-state index contributed by atoms with van der Waals surface area (Å²) in [5.41, 5.74) is 0. The predicted molar refractivity (Wildman–Crippen MR) is 74.3 cm³/mol. The maximum absolute atomic E-state index is 5.88. The molecule has 1 heterocycles. The molecule has 0 aromatic heterocycles. The van der Waals surface area contributed by atoms with Gasteiger partial charge in [-0.1, -0.05) is 0 Å². The van der Waals surface area contributed by atoms with Gasteiger partial charge in [0.15, 0.2) is 0 Å². The molecule has 1 saturated carbocycles. The zero-order chi connectivity index (χ0) is 12.4. The van der Waals surface area contributed by atoms with Crippen LogP contribution < -0.4 is 4.74 Å². The van der Waals surface area contributed by atoms with E-state index in [0.717, 1.165) is 24.2 Å². The summed E-state index contributed by atoms with van der Waals surface area (Å²) >= 11 is 1.95. The molecule has 3 heteroatoms. The third-order valence-corrected chi connectivity index (χ3v) is 5.36. The summed E-state index contributed by atoms with van der Waals surface area (Å²) in [6.45, 7) is 0.985. The predicted octanol–water partition coefficient (Wildman–Crippen LogP) is 3.60. The minimum Gasteiger partial charge on any atom is -0.497 e. The third-order valence-electron chi connectivity index (χ3n) is 4.16. The van der Waals surface area contributed by atoms with E-state index in [1.54, 1.807) is 7.11 Å². The molecule has 3 atom stereocenters. The molecule has 3 unspecified atom stereocenters. The molecule has 2 nitrogen and oxygen atoms in total. The zero-order valence-corrected chi connectivity index (χ0v) is 11.6. The van der Waals surface area contributed by atoms with Crippen LogP contribution in [0.25, 0.3) is 0 Å². The number of benzene rings is 1. The van der Waals surface area contributed by atoms with Gasteiger partial charge in [-0.2, -0.15) is 0 Å². The summed E-state index contributed by atoms with van der Waals surface area (Å²) < 4.78 is 11.1. The van der Waals surface area contributed by atoms with Crippen molar-refractivity contribution in [3.63, 3.8) is 0 Å². The average molecular weight is 264 g/mol. The van der Waals surface area contributed by atoms with Crippen LogP contribution in [-0.4, -0.2) is 25.6 Å². The summed E-state index contributed by atoms with van der Waals surface area (Å²) in [4.78, 5) is 1.33. The summed E-state index contributed by atoms with van der Waals surface area (Å²) in [5, 5.41) is 0. The zero-order valence-electron chi connectivity index (χ0n) is 10.8. The summed E-state index contributed by atoms with van der Waals surface area (Å²) in [6.07, 6.45) is 4.56. The number of ether oxygens (including phenoxy) is 2. The molecule has 0 radical (unpaired) electrons. The highest BCUT2D eigenvalue weighted by molar-refractivity contribution is 7.99. The van der Waals surface area contributed by atoms with E-state index in [1.807, 2.05) is 23.9 Å². The minimum absolute atomic E-state index is 0.552. The van der Waals surface area contributed by atoms with Gasteiger partial charge in [-0.15, -0.1) is 11.8 Å². The van der Waals surface area contributed by atoms with E-state index in [1.165, 1.54) is 29.9 Å². The van der Waals surface area contributed by atoms with Crippen molar-refractivity contribution in [2.75, 3.05) is 19.5 Å². The number of fused-ring (bicyclic) bond motifs is 1. The molecule has 1 aliphatic heterocycles. The molecule has 1 aromatic rings. The molecule has 0 bridgehead atoms. The highest BCUT2D eigenvalue weighted by Crippen LogP contribution is 2.42. The molecule has 1 aromatic carbocycles. The van der Waals surface area contributed by atoms with Gasteiger partial charge in [-0.3, -0.25) is 0 Å². The molecule has 1 aliphatic carbocycles. The van der Waals surface area contributed by atoms with E-state index in [2.05, 4.69) is 12.1 Å². The van der Waals surface area contributed by atoms with Gasteiger partial charge in [-0.25, -0.2) is 0 Å². The molecule has 0 amide bonds. The SMILES string of the molecule is COc1ccc(SCC2CCC3CCOC32)cc1. The lowest BCUT2D eigenvalue weighted by Gasteiger charge is -2.17. The maximum Gasteiger partial charge on any atom is 0.118 e. The van der Waals surface area contributed by atoms with Gasteiger partial charge >= 0.3 is 0 Å². The Kier molecular flexibility index (Phi) is 3.80. The van der Waals surface area contributed by atoms with Gasteiger partial charge in [-0.05, 0) is 55.4 Å². The quantitative estimate of drug-likeness (QED) is 0.774. The molecule has 2 fully saturated rings. The van der Waals surface area contributed by atoms with Crippen LogP contribution in [0.1, 0.15) is 19.3 Å². The number of hydrogen-bond acceptors (Lipinski definition) is 3. The highest BCUT2D eigenvalue weighted by atomic mass is 32.2. The lowest BCUT2D eigenvalue weighted by atomic mass is 10.0. The number of thioether (sulfide) groups is 1. The molecular formula is C15H20O2S. The normalized spacial score (nSPS) is 30.4. The van der Waals surface area contributed by atoms with Crippen molar-refractivity contribution < 1.29 is 9.47 Å². The van der Waals surface area contributed by atoms with E-state index in [0.29, 0.717) is 6.10 Å². The van der Waals surface area contributed by atoms with Crippen LogP contribution in [0.2, 0.25) is 0 Å². The Morgan fingerprint density at radius 1 is 1.22 bits per heavy atom. The van der Waals surface area contributed by atoms with Crippen LogP contribution in [-0.2, 0) is 4.74 Å². The van der Waals surface area contributed by atoms with Gasteiger partial charge in [0.1, 0.15) is 5.75 Å². The average Bonchev–Trinajstić information content (AvgIpc) is 3.00. The van der Waals surface area contributed by atoms with E-state index in [4.69, 9.17) is 9.47 Å². The summed E-state index contributed by atoms with van der Waals surface area (Å²) in [5.74, 6) is 3.73. The first-order chi connectivity index (χ1) is 8.86. The Hall–Kier alpha value is -0.670. The third kappa shape index (κ3) is 2.52. The number of methoxy groups -OCH3 is 1. The molecular weight excluding hydrogens is 244 g/mol. The Bertz CT molecular complexity index is 390. The van der Waals surface area contributed by atoms with Crippen LogP contribution in [0.3, 0.4) is 0 Å². The monoisotopic (exact) mass is 264 g/mol. The van der Waals surface area contributed by atoms with Crippen molar-refractivity contribution >= 4 is 11.8 Å². The summed E-state index contributed by atoms with van der Waals surface area (Å²) in [6, 6.07) is 8.36. The first-order valence-electron chi connectivity index (χ1n) is 6.75. The van der Waals surface area contributed by atoms with Gasteiger partial charge in [0.25, 0.3) is 0 Å². The second kappa shape index (κ2) is 5.54. The number of rotatable bonds is 4. The van der Waals surface area contributed by atoms with Gasteiger partial charge in [0.2, 0.25) is 0 Å². The van der Waals surface area contributed by atoms with Crippen molar-refractivity contribution in [3.8, 4) is 5.75 Å². The molecule has 18 heavy (non-hydrogen) atoms. The van der Waals surface area contributed by atoms with Crippen molar-refractivity contribution in [1.82, 2.24) is 0 Å². The Morgan fingerprint density at radius 2 is 2.06 bits per heavy atom. The van der Waals surface area contributed by atoms with Crippen molar-refractivity contribution in [1.29, 1.82) is 0 Å².